The minimum atomic E-state index is 0.0819. The van der Waals surface area contributed by atoms with Crippen molar-refractivity contribution < 1.29 is 4.79 Å². The van der Waals surface area contributed by atoms with Crippen molar-refractivity contribution in [3.63, 3.8) is 0 Å². The van der Waals surface area contributed by atoms with E-state index in [1.165, 1.54) is 24.1 Å². The van der Waals surface area contributed by atoms with Crippen LogP contribution in [0.5, 0.6) is 0 Å². The van der Waals surface area contributed by atoms with E-state index in [9.17, 15) is 4.79 Å². The van der Waals surface area contributed by atoms with E-state index in [0.717, 1.165) is 30.5 Å². The van der Waals surface area contributed by atoms with Gasteiger partial charge in [0.2, 0.25) is 0 Å². The van der Waals surface area contributed by atoms with E-state index in [4.69, 9.17) is 0 Å². The number of thiophene rings is 1. The third-order valence-corrected chi connectivity index (χ3v) is 6.52. The van der Waals surface area contributed by atoms with Gasteiger partial charge in [0.25, 0.3) is 5.91 Å². The molecule has 3 nitrogen and oxygen atoms in total. The molecule has 1 aromatic heterocycles. The van der Waals surface area contributed by atoms with Gasteiger partial charge >= 0.3 is 0 Å². The predicted molar refractivity (Wildman–Crippen MR) is 103 cm³/mol. The zero-order valence-corrected chi connectivity index (χ0v) is 15.6. The molecular formula is C21H26N2OS. The van der Waals surface area contributed by atoms with Gasteiger partial charge in [-0.15, -0.1) is 11.3 Å². The highest BCUT2D eigenvalue weighted by molar-refractivity contribution is 7.09. The first-order valence-corrected chi connectivity index (χ1v) is 10.2. The van der Waals surface area contributed by atoms with E-state index >= 15 is 0 Å². The highest BCUT2D eigenvalue weighted by atomic mass is 32.1. The number of aryl methyl sites for hydroxylation is 1. The van der Waals surface area contributed by atoms with Crippen molar-refractivity contribution in [1.29, 1.82) is 0 Å². The number of fused-ring (bicyclic) bond motifs is 2. The van der Waals surface area contributed by atoms with Gasteiger partial charge in [-0.05, 0) is 56.2 Å². The molecule has 2 bridgehead atoms. The standard InChI is InChI=1S/C21H26N2OS/c1-15-5-2-6-16(11-15)21(24)22-17-12-18-7-3-8-19(13-17)23(18)14-20-9-4-10-25-20/h2,4-6,9-11,17-19H,3,7-8,12-14H2,1H3,(H,22,24)/t18-,19-/m1/s1. The summed E-state index contributed by atoms with van der Waals surface area (Å²) in [5.74, 6) is 0.0819. The summed E-state index contributed by atoms with van der Waals surface area (Å²) >= 11 is 1.85. The first-order valence-electron chi connectivity index (χ1n) is 9.35. The van der Waals surface area contributed by atoms with E-state index in [2.05, 4.69) is 27.7 Å². The number of piperidine rings is 2. The topological polar surface area (TPSA) is 32.3 Å². The SMILES string of the molecule is Cc1cccc(C(=O)NC2C[C@H]3CCC[C@H](C2)N3Cc2cccs2)c1. The van der Waals surface area contributed by atoms with Crippen LogP contribution >= 0.6 is 11.3 Å². The number of nitrogens with zero attached hydrogens (tertiary/aromatic N) is 1. The Hall–Kier alpha value is -1.65. The summed E-state index contributed by atoms with van der Waals surface area (Å²) in [6, 6.07) is 13.8. The van der Waals surface area contributed by atoms with Crippen molar-refractivity contribution >= 4 is 17.2 Å². The van der Waals surface area contributed by atoms with Crippen molar-refractivity contribution in [3.05, 3.63) is 57.8 Å². The number of hydrogen-bond acceptors (Lipinski definition) is 3. The predicted octanol–water partition coefficient (Wildman–Crippen LogP) is 4.37. The van der Waals surface area contributed by atoms with Gasteiger partial charge in [0.05, 0.1) is 0 Å². The zero-order valence-electron chi connectivity index (χ0n) is 14.8. The van der Waals surface area contributed by atoms with Crippen LogP contribution in [-0.2, 0) is 6.54 Å². The maximum atomic E-state index is 12.6. The van der Waals surface area contributed by atoms with Gasteiger partial charge in [-0.3, -0.25) is 9.69 Å². The number of nitrogens with one attached hydrogen (secondary N) is 1. The van der Waals surface area contributed by atoms with Crippen LogP contribution in [0.3, 0.4) is 0 Å². The van der Waals surface area contributed by atoms with Gasteiger partial charge in [0, 0.05) is 35.1 Å². The first kappa shape index (κ1) is 16.8. The van der Waals surface area contributed by atoms with E-state index in [1.807, 2.05) is 42.5 Å². The zero-order chi connectivity index (χ0) is 17.2. The molecule has 0 radical (unpaired) electrons. The number of carbonyl (C=O) groups excluding carboxylic acids is 1. The Bertz CT molecular complexity index is 713. The Kier molecular flexibility index (Phi) is 4.91. The lowest BCUT2D eigenvalue weighted by Crippen LogP contribution is -2.56. The van der Waals surface area contributed by atoms with Crippen molar-refractivity contribution in [2.75, 3.05) is 0 Å². The third-order valence-electron chi connectivity index (χ3n) is 5.66. The van der Waals surface area contributed by atoms with Crippen LogP contribution in [0.25, 0.3) is 0 Å². The Balaban J connectivity index is 1.42. The van der Waals surface area contributed by atoms with Gasteiger partial charge < -0.3 is 5.32 Å². The van der Waals surface area contributed by atoms with Crippen LogP contribution in [0.2, 0.25) is 0 Å². The number of benzene rings is 1. The summed E-state index contributed by atoms with van der Waals surface area (Å²) < 4.78 is 0. The molecule has 0 aliphatic carbocycles. The molecule has 3 heterocycles. The second-order valence-corrected chi connectivity index (χ2v) is 8.53. The molecule has 132 valence electrons. The average Bonchev–Trinajstić information content (AvgIpc) is 3.08. The molecule has 1 N–H and O–H groups in total. The van der Waals surface area contributed by atoms with Crippen LogP contribution in [0, 0.1) is 6.92 Å². The molecule has 2 aromatic rings. The molecule has 4 rings (SSSR count). The lowest BCUT2D eigenvalue weighted by atomic mass is 9.81. The minimum absolute atomic E-state index is 0.0819. The summed E-state index contributed by atoms with van der Waals surface area (Å²) in [5.41, 5.74) is 1.92. The van der Waals surface area contributed by atoms with Crippen molar-refractivity contribution in [1.82, 2.24) is 10.2 Å². The number of hydrogen-bond donors (Lipinski definition) is 1. The fourth-order valence-corrected chi connectivity index (χ4v) is 5.20. The molecule has 2 atom stereocenters. The van der Waals surface area contributed by atoms with E-state index in [0.29, 0.717) is 18.1 Å². The molecule has 2 aliphatic heterocycles. The molecular weight excluding hydrogens is 328 g/mol. The van der Waals surface area contributed by atoms with Crippen LogP contribution in [0.15, 0.2) is 41.8 Å². The molecule has 0 saturated carbocycles. The molecule has 0 unspecified atom stereocenters. The van der Waals surface area contributed by atoms with Crippen molar-refractivity contribution in [3.8, 4) is 0 Å². The maximum absolute atomic E-state index is 12.6. The summed E-state index contributed by atoms with van der Waals surface area (Å²) in [6.07, 6.45) is 6.02. The van der Waals surface area contributed by atoms with Gasteiger partial charge in [0.15, 0.2) is 0 Å². The monoisotopic (exact) mass is 354 g/mol. The minimum Gasteiger partial charge on any atom is -0.349 e. The Morgan fingerprint density at radius 1 is 1.20 bits per heavy atom. The van der Waals surface area contributed by atoms with Crippen LogP contribution in [0.1, 0.15) is 52.9 Å². The van der Waals surface area contributed by atoms with Crippen molar-refractivity contribution in [2.24, 2.45) is 0 Å². The molecule has 2 saturated heterocycles. The van der Waals surface area contributed by atoms with Gasteiger partial charge in [-0.25, -0.2) is 0 Å². The van der Waals surface area contributed by atoms with Gasteiger partial charge in [0.1, 0.15) is 0 Å². The molecule has 2 fully saturated rings. The quantitative estimate of drug-likeness (QED) is 0.884. The fourth-order valence-electron chi connectivity index (χ4n) is 4.49. The maximum Gasteiger partial charge on any atom is 0.251 e. The van der Waals surface area contributed by atoms with Crippen LogP contribution in [-0.4, -0.2) is 28.9 Å². The van der Waals surface area contributed by atoms with E-state index in [1.54, 1.807) is 0 Å². The highest BCUT2D eigenvalue weighted by Crippen LogP contribution is 2.35. The molecule has 25 heavy (non-hydrogen) atoms. The highest BCUT2D eigenvalue weighted by Gasteiger charge is 2.38. The lowest BCUT2D eigenvalue weighted by Gasteiger charge is -2.49. The second kappa shape index (κ2) is 7.30. The molecule has 0 spiro atoms. The summed E-state index contributed by atoms with van der Waals surface area (Å²) in [5, 5.41) is 5.47. The molecule has 4 heteroatoms. The number of amides is 1. The van der Waals surface area contributed by atoms with E-state index in [-0.39, 0.29) is 5.91 Å². The third kappa shape index (κ3) is 3.80. The first-order chi connectivity index (χ1) is 12.2. The van der Waals surface area contributed by atoms with Gasteiger partial charge in [-0.1, -0.05) is 30.2 Å². The number of rotatable bonds is 4. The summed E-state index contributed by atoms with van der Waals surface area (Å²) in [4.78, 5) is 16.8. The lowest BCUT2D eigenvalue weighted by molar-refractivity contribution is 0.0184. The summed E-state index contributed by atoms with van der Waals surface area (Å²) in [7, 11) is 0. The van der Waals surface area contributed by atoms with Crippen LogP contribution < -0.4 is 5.32 Å². The smallest absolute Gasteiger partial charge is 0.251 e. The molecule has 1 aromatic carbocycles. The van der Waals surface area contributed by atoms with Crippen LogP contribution in [0.4, 0.5) is 0 Å². The average molecular weight is 355 g/mol. The Labute approximate surface area is 154 Å². The molecule has 1 amide bonds. The Morgan fingerprint density at radius 2 is 2.00 bits per heavy atom. The van der Waals surface area contributed by atoms with Crippen molar-refractivity contribution in [2.45, 2.75) is 63.7 Å². The largest absolute Gasteiger partial charge is 0.349 e. The fraction of sp³-hybridized carbons (Fsp3) is 0.476. The van der Waals surface area contributed by atoms with Gasteiger partial charge in [-0.2, -0.15) is 0 Å². The van der Waals surface area contributed by atoms with E-state index < -0.39 is 0 Å². The number of carbonyl (C=O) groups is 1. The normalized spacial score (nSPS) is 26.4. The molecule has 2 aliphatic rings. The summed E-state index contributed by atoms with van der Waals surface area (Å²) in [6.45, 7) is 3.11. The Morgan fingerprint density at radius 3 is 2.68 bits per heavy atom. The second-order valence-electron chi connectivity index (χ2n) is 7.50.